The number of nitriles is 1. The van der Waals surface area contributed by atoms with Crippen molar-refractivity contribution in [2.45, 2.75) is 19.4 Å². The third kappa shape index (κ3) is 1.99. The highest BCUT2D eigenvalue weighted by Gasteiger charge is 2.36. The third-order valence-corrected chi connectivity index (χ3v) is 2.49. The number of nitrogens with zero attached hydrogens (tertiary/aromatic N) is 2. The fraction of sp³-hybridized carbons (Fsp3) is 0.778. The summed E-state index contributed by atoms with van der Waals surface area (Å²) in [5.74, 6) is -0.0829. The summed E-state index contributed by atoms with van der Waals surface area (Å²) in [6, 6.07) is 2.18. The van der Waals surface area contributed by atoms with Crippen LogP contribution in [0.3, 0.4) is 0 Å². The van der Waals surface area contributed by atoms with Crippen molar-refractivity contribution >= 4 is 5.91 Å². The lowest BCUT2D eigenvalue weighted by molar-refractivity contribution is -0.129. The Balaban J connectivity index is 2.55. The van der Waals surface area contributed by atoms with Gasteiger partial charge in [-0.05, 0) is 6.92 Å². The normalized spacial score (nSPS) is 27.8. The van der Waals surface area contributed by atoms with Crippen molar-refractivity contribution in [3.8, 4) is 6.07 Å². The van der Waals surface area contributed by atoms with Gasteiger partial charge in [-0.1, -0.05) is 0 Å². The Labute approximate surface area is 78.1 Å². The largest absolute Gasteiger partial charge is 0.383 e. The van der Waals surface area contributed by atoms with Crippen molar-refractivity contribution in [2.75, 3.05) is 20.3 Å². The van der Waals surface area contributed by atoms with E-state index in [1.54, 1.807) is 12.0 Å². The number of rotatable bonds is 3. The Morgan fingerprint density at radius 1 is 1.77 bits per heavy atom. The van der Waals surface area contributed by atoms with Crippen molar-refractivity contribution in [1.82, 2.24) is 4.90 Å². The minimum atomic E-state index is -0.149. The molecule has 0 aromatic carbocycles. The molecule has 1 fully saturated rings. The summed E-state index contributed by atoms with van der Waals surface area (Å²) < 4.78 is 4.89. The monoisotopic (exact) mass is 182 g/mol. The zero-order valence-electron chi connectivity index (χ0n) is 7.99. The third-order valence-electron chi connectivity index (χ3n) is 2.49. The first kappa shape index (κ1) is 10.0. The Bertz CT molecular complexity index is 234. The fourth-order valence-electron chi connectivity index (χ4n) is 1.59. The molecule has 0 N–H and O–H groups in total. The Morgan fingerprint density at radius 3 is 2.92 bits per heavy atom. The molecular weight excluding hydrogens is 168 g/mol. The molecule has 1 saturated heterocycles. The van der Waals surface area contributed by atoms with Crippen LogP contribution < -0.4 is 0 Å². The second-order valence-electron chi connectivity index (χ2n) is 3.26. The molecule has 1 amide bonds. The molecule has 1 aliphatic rings. The van der Waals surface area contributed by atoms with Crippen LogP contribution in [0.4, 0.5) is 0 Å². The molecule has 1 rings (SSSR count). The van der Waals surface area contributed by atoms with Gasteiger partial charge in [0.2, 0.25) is 5.91 Å². The van der Waals surface area contributed by atoms with Gasteiger partial charge in [0.05, 0.1) is 18.6 Å². The smallest absolute Gasteiger partial charge is 0.224 e. The predicted octanol–water partition coefficient (Wildman–Crippen LogP) is 0.393. The molecule has 0 saturated carbocycles. The number of hydrogen-bond acceptors (Lipinski definition) is 3. The SMILES string of the molecule is COCCN1C(=O)CC(C#N)C1C. The first-order chi connectivity index (χ1) is 6.20. The Hall–Kier alpha value is -1.08. The zero-order chi connectivity index (χ0) is 9.84. The van der Waals surface area contributed by atoms with Crippen molar-refractivity contribution < 1.29 is 9.53 Å². The summed E-state index contributed by atoms with van der Waals surface area (Å²) >= 11 is 0. The molecule has 72 valence electrons. The minimum Gasteiger partial charge on any atom is -0.383 e. The van der Waals surface area contributed by atoms with E-state index in [1.165, 1.54) is 0 Å². The molecule has 0 bridgehead atoms. The molecule has 1 aliphatic heterocycles. The van der Waals surface area contributed by atoms with Crippen LogP contribution in [0.1, 0.15) is 13.3 Å². The standard InChI is InChI=1S/C9H14N2O2/c1-7-8(6-10)5-9(12)11(7)3-4-13-2/h7-8H,3-5H2,1-2H3. The molecule has 1 heterocycles. The van der Waals surface area contributed by atoms with Crippen LogP contribution in [0.25, 0.3) is 0 Å². The number of hydrogen-bond donors (Lipinski definition) is 0. The summed E-state index contributed by atoms with van der Waals surface area (Å²) in [7, 11) is 1.60. The van der Waals surface area contributed by atoms with Gasteiger partial charge in [0.25, 0.3) is 0 Å². The van der Waals surface area contributed by atoms with E-state index < -0.39 is 0 Å². The molecule has 0 aromatic heterocycles. The van der Waals surface area contributed by atoms with Crippen LogP contribution in [-0.4, -0.2) is 37.1 Å². The lowest BCUT2D eigenvalue weighted by Crippen LogP contribution is -2.35. The van der Waals surface area contributed by atoms with Crippen LogP contribution in [0.2, 0.25) is 0 Å². The van der Waals surface area contributed by atoms with Gasteiger partial charge in [-0.25, -0.2) is 0 Å². The van der Waals surface area contributed by atoms with E-state index in [-0.39, 0.29) is 17.9 Å². The average molecular weight is 182 g/mol. The number of ether oxygens (including phenoxy) is 1. The van der Waals surface area contributed by atoms with Crippen LogP contribution in [0.15, 0.2) is 0 Å². The maximum Gasteiger partial charge on any atom is 0.224 e. The van der Waals surface area contributed by atoms with Crippen molar-refractivity contribution in [3.63, 3.8) is 0 Å². The zero-order valence-corrected chi connectivity index (χ0v) is 7.99. The summed E-state index contributed by atoms with van der Waals surface area (Å²) in [6.07, 6.45) is 0.362. The molecule has 0 spiro atoms. The van der Waals surface area contributed by atoms with Gasteiger partial charge in [-0.3, -0.25) is 4.79 Å². The summed E-state index contributed by atoms with van der Waals surface area (Å²) in [5, 5.41) is 8.74. The van der Waals surface area contributed by atoms with Gasteiger partial charge in [0.1, 0.15) is 0 Å². The molecule has 2 atom stereocenters. The fourth-order valence-corrected chi connectivity index (χ4v) is 1.59. The van der Waals surface area contributed by atoms with Crippen molar-refractivity contribution in [1.29, 1.82) is 5.26 Å². The van der Waals surface area contributed by atoms with Gasteiger partial charge < -0.3 is 9.64 Å². The molecule has 13 heavy (non-hydrogen) atoms. The van der Waals surface area contributed by atoms with Crippen LogP contribution >= 0.6 is 0 Å². The first-order valence-electron chi connectivity index (χ1n) is 4.38. The predicted molar refractivity (Wildman–Crippen MR) is 46.8 cm³/mol. The van der Waals surface area contributed by atoms with E-state index in [1.807, 2.05) is 6.92 Å². The van der Waals surface area contributed by atoms with E-state index in [9.17, 15) is 4.79 Å². The van der Waals surface area contributed by atoms with Gasteiger partial charge in [-0.15, -0.1) is 0 Å². The molecule has 4 nitrogen and oxygen atoms in total. The lowest BCUT2D eigenvalue weighted by atomic mass is 10.0. The number of likely N-dealkylation sites (tertiary alicyclic amines) is 1. The summed E-state index contributed by atoms with van der Waals surface area (Å²) in [5.41, 5.74) is 0. The van der Waals surface area contributed by atoms with E-state index >= 15 is 0 Å². The molecular formula is C9H14N2O2. The average Bonchev–Trinajstić information content (AvgIpc) is 2.39. The summed E-state index contributed by atoms with van der Waals surface area (Å²) in [4.78, 5) is 13.1. The number of amides is 1. The maximum absolute atomic E-state index is 11.4. The van der Waals surface area contributed by atoms with Crippen LogP contribution in [-0.2, 0) is 9.53 Å². The van der Waals surface area contributed by atoms with E-state index in [4.69, 9.17) is 10.00 Å². The minimum absolute atomic E-state index is 0.0349. The molecule has 0 aromatic rings. The van der Waals surface area contributed by atoms with Gasteiger partial charge in [0, 0.05) is 26.1 Å². The van der Waals surface area contributed by atoms with Crippen LogP contribution in [0.5, 0.6) is 0 Å². The Kier molecular flexibility index (Phi) is 3.26. The molecule has 4 heteroatoms. The second kappa shape index (κ2) is 4.24. The van der Waals surface area contributed by atoms with Crippen molar-refractivity contribution in [2.24, 2.45) is 5.92 Å². The lowest BCUT2D eigenvalue weighted by Gasteiger charge is -2.21. The number of carbonyl (C=O) groups is 1. The number of methoxy groups -OCH3 is 1. The second-order valence-corrected chi connectivity index (χ2v) is 3.26. The first-order valence-corrected chi connectivity index (χ1v) is 4.38. The van der Waals surface area contributed by atoms with E-state index in [0.29, 0.717) is 19.6 Å². The van der Waals surface area contributed by atoms with Gasteiger partial charge >= 0.3 is 0 Å². The van der Waals surface area contributed by atoms with E-state index in [0.717, 1.165) is 0 Å². The van der Waals surface area contributed by atoms with E-state index in [2.05, 4.69) is 6.07 Å². The van der Waals surface area contributed by atoms with Crippen molar-refractivity contribution in [3.05, 3.63) is 0 Å². The van der Waals surface area contributed by atoms with Crippen LogP contribution in [0, 0.1) is 17.2 Å². The molecule has 0 aliphatic carbocycles. The van der Waals surface area contributed by atoms with Gasteiger partial charge in [-0.2, -0.15) is 5.26 Å². The topological polar surface area (TPSA) is 53.3 Å². The quantitative estimate of drug-likeness (QED) is 0.634. The molecule has 2 unspecified atom stereocenters. The Morgan fingerprint density at radius 2 is 2.46 bits per heavy atom. The molecule has 0 radical (unpaired) electrons. The highest BCUT2D eigenvalue weighted by molar-refractivity contribution is 5.79. The number of carbonyl (C=O) groups excluding carboxylic acids is 1. The summed E-state index contributed by atoms with van der Waals surface area (Å²) in [6.45, 7) is 3.04. The maximum atomic E-state index is 11.4. The highest BCUT2D eigenvalue weighted by Crippen LogP contribution is 2.23. The highest BCUT2D eigenvalue weighted by atomic mass is 16.5. The van der Waals surface area contributed by atoms with Gasteiger partial charge in [0.15, 0.2) is 0 Å².